The summed E-state index contributed by atoms with van der Waals surface area (Å²) in [6, 6.07) is 0. The van der Waals surface area contributed by atoms with Gasteiger partial charge in [0, 0.05) is 0 Å². The lowest BCUT2D eigenvalue weighted by Crippen LogP contribution is -2.29. The first-order valence-corrected chi connectivity index (χ1v) is 4.16. The monoisotopic (exact) mass is 246 g/mol. The summed E-state index contributed by atoms with van der Waals surface area (Å²) in [5, 5.41) is 17.6. The molecule has 0 fully saturated rings. The van der Waals surface area contributed by atoms with Crippen molar-refractivity contribution in [3.63, 3.8) is 0 Å². The maximum atomic E-state index is 11.1. The van der Waals surface area contributed by atoms with E-state index in [-0.39, 0.29) is 6.08 Å². The lowest BCUT2D eigenvalue weighted by Gasteiger charge is -2.11. The number of ether oxygens (including phenoxy) is 1. The number of rotatable bonds is 1. The van der Waals surface area contributed by atoms with E-state index in [1.165, 1.54) is 0 Å². The predicted molar refractivity (Wildman–Crippen MR) is 44.6 cm³/mol. The summed E-state index contributed by atoms with van der Waals surface area (Å²) < 4.78 is 4.18. The van der Waals surface area contributed by atoms with Gasteiger partial charge in [0.2, 0.25) is 5.76 Å². The van der Waals surface area contributed by atoms with E-state index in [2.05, 4.69) is 14.5 Å². The molecule has 0 spiro atoms. The van der Waals surface area contributed by atoms with E-state index < -0.39 is 42.2 Å². The lowest BCUT2D eigenvalue weighted by atomic mass is 10.2. The van der Waals surface area contributed by atoms with Crippen molar-refractivity contribution in [2.45, 2.75) is 12.5 Å². The Morgan fingerprint density at radius 3 is 2.53 bits per heavy atom. The Morgan fingerprint density at radius 2 is 1.94 bits per heavy atom. The van der Waals surface area contributed by atoms with Crippen LogP contribution in [0, 0.1) is 0 Å². The molecule has 0 saturated heterocycles. The van der Waals surface area contributed by atoms with Crippen LogP contribution in [0.25, 0.3) is 0 Å². The highest BCUT2D eigenvalue weighted by molar-refractivity contribution is 5.96. The minimum absolute atomic E-state index is 0.283. The van der Waals surface area contributed by atoms with Crippen LogP contribution in [0.3, 0.4) is 0 Å². The molecule has 0 aromatic rings. The van der Waals surface area contributed by atoms with Gasteiger partial charge in [-0.05, 0) is 0 Å². The molecule has 1 aliphatic heterocycles. The molecule has 0 saturated carbocycles. The highest BCUT2D eigenvalue weighted by Crippen LogP contribution is 2.07. The van der Waals surface area contributed by atoms with E-state index in [1.54, 1.807) is 0 Å². The van der Waals surface area contributed by atoms with Crippen LogP contribution < -0.4 is 0 Å². The fourth-order valence-electron chi connectivity index (χ4n) is 0.805. The van der Waals surface area contributed by atoms with Gasteiger partial charge in [-0.2, -0.15) is 0 Å². The van der Waals surface area contributed by atoms with Gasteiger partial charge >= 0.3 is 23.9 Å². The van der Waals surface area contributed by atoms with Gasteiger partial charge in [-0.3, -0.25) is 0 Å². The SMILES string of the molecule is O=C1/C=C(\C(=O)O)OC(=O)C(O)CC(=O)OO1. The Balaban J connectivity index is 2.98. The largest absolute Gasteiger partial charge is 0.475 e. The van der Waals surface area contributed by atoms with Gasteiger partial charge in [0.05, 0.1) is 12.5 Å². The summed E-state index contributed by atoms with van der Waals surface area (Å²) in [5.74, 6) is -6.72. The lowest BCUT2D eigenvalue weighted by molar-refractivity contribution is -0.256. The van der Waals surface area contributed by atoms with Crippen molar-refractivity contribution in [2.75, 3.05) is 0 Å². The molecule has 1 heterocycles. The number of carboxylic acids is 1. The van der Waals surface area contributed by atoms with Crippen LogP contribution in [0.4, 0.5) is 0 Å². The predicted octanol–water partition coefficient (Wildman–Crippen LogP) is -1.74. The Bertz CT molecular complexity index is 407. The van der Waals surface area contributed by atoms with Crippen molar-refractivity contribution in [1.29, 1.82) is 0 Å². The standard InChI is InChI=1S/C8H6O9/c9-3-1-5(10)16-17-6(11)2-4(7(12)13)15-8(3)14/h2-3,9H,1H2,(H,12,13)/b4-2+. The van der Waals surface area contributed by atoms with Gasteiger partial charge in [-0.25, -0.2) is 29.0 Å². The Hall–Kier alpha value is -2.42. The second-order valence-electron chi connectivity index (χ2n) is 2.81. The van der Waals surface area contributed by atoms with Crippen LogP contribution in [-0.2, 0) is 33.7 Å². The van der Waals surface area contributed by atoms with Gasteiger partial charge in [0.15, 0.2) is 6.10 Å². The highest BCUT2D eigenvalue weighted by atomic mass is 17.2. The van der Waals surface area contributed by atoms with E-state index in [0.717, 1.165) is 0 Å². The summed E-state index contributed by atoms with van der Waals surface area (Å²) in [6.45, 7) is 0. The van der Waals surface area contributed by atoms with Crippen LogP contribution in [-0.4, -0.2) is 40.2 Å². The van der Waals surface area contributed by atoms with Gasteiger partial charge in [-0.15, -0.1) is 0 Å². The summed E-state index contributed by atoms with van der Waals surface area (Å²) in [5.41, 5.74) is 0. The smallest absolute Gasteiger partial charge is 0.383 e. The second kappa shape index (κ2) is 5.07. The summed E-state index contributed by atoms with van der Waals surface area (Å²) in [4.78, 5) is 51.0. The Morgan fingerprint density at radius 1 is 1.29 bits per heavy atom. The molecule has 1 unspecified atom stereocenters. The van der Waals surface area contributed by atoms with Gasteiger partial charge in [0.1, 0.15) is 0 Å². The van der Waals surface area contributed by atoms with Crippen molar-refractivity contribution in [3.05, 3.63) is 11.8 Å². The van der Waals surface area contributed by atoms with Gasteiger partial charge in [-0.1, -0.05) is 0 Å². The fourth-order valence-corrected chi connectivity index (χ4v) is 0.805. The maximum absolute atomic E-state index is 11.1. The molecule has 0 radical (unpaired) electrons. The first kappa shape index (κ1) is 12.6. The number of carboxylic acid groups (broad SMARTS) is 1. The van der Waals surface area contributed by atoms with E-state index in [4.69, 9.17) is 10.2 Å². The number of carbonyl (C=O) groups is 4. The van der Waals surface area contributed by atoms with E-state index >= 15 is 0 Å². The molecule has 0 aliphatic carbocycles. The van der Waals surface area contributed by atoms with Crippen molar-refractivity contribution in [3.8, 4) is 0 Å². The normalized spacial score (nSPS) is 24.9. The number of hydrogen-bond acceptors (Lipinski definition) is 8. The van der Waals surface area contributed by atoms with E-state index in [1.807, 2.05) is 0 Å². The number of aliphatic carboxylic acids is 1. The first-order chi connectivity index (χ1) is 7.90. The number of esters is 1. The van der Waals surface area contributed by atoms with Crippen LogP contribution in [0.5, 0.6) is 0 Å². The van der Waals surface area contributed by atoms with Crippen LogP contribution in [0.15, 0.2) is 11.8 Å². The highest BCUT2D eigenvalue weighted by Gasteiger charge is 2.28. The molecule has 0 aromatic carbocycles. The zero-order chi connectivity index (χ0) is 13.0. The summed E-state index contributed by atoms with van der Waals surface area (Å²) >= 11 is 0. The molecule has 17 heavy (non-hydrogen) atoms. The molecule has 92 valence electrons. The zero-order valence-electron chi connectivity index (χ0n) is 8.11. The third-order valence-electron chi connectivity index (χ3n) is 1.52. The molecular weight excluding hydrogens is 240 g/mol. The van der Waals surface area contributed by atoms with Gasteiger partial charge < -0.3 is 14.9 Å². The summed E-state index contributed by atoms with van der Waals surface area (Å²) in [6.07, 6.45) is -2.47. The third-order valence-corrected chi connectivity index (χ3v) is 1.52. The van der Waals surface area contributed by atoms with Crippen molar-refractivity contribution < 1.29 is 43.9 Å². The van der Waals surface area contributed by atoms with Crippen LogP contribution >= 0.6 is 0 Å². The molecular formula is C8H6O9. The molecule has 1 rings (SSSR count). The Labute approximate surface area is 93.1 Å². The number of aliphatic hydroxyl groups is 1. The van der Waals surface area contributed by atoms with E-state index in [0.29, 0.717) is 0 Å². The average molecular weight is 246 g/mol. The summed E-state index contributed by atoms with van der Waals surface area (Å²) in [7, 11) is 0. The number of carbonyl (C=O) groups excluding carboxylic acids is 3. The average Bonchev–Trinajstić information content (AvgIpc) is 2.24. The molecule has 1 aliphatic rings. The molecule has 0 amide bonds. The van der Waals surface area contributed by atoms with E-state index in [9.17, 15) is 19.2 Å². The number of hydrogen-bond donors (Lipinski definition) is 2. The topological polar surface area (TPSA) is 136 Å². The molecule has 0 bridgehead atoms. The number of aliphatic hydroxyl groups excluding tert-OH is 1. The molecule has 9 heteroatoms. The van der Waals surface area contributed by atoms with Crippen LogP contribution in [0.2, 0.25) is 0 Å². The molecule has 2 N–H and O–H groups in total. The minimum Gasteiger partial charge on any atom is -0.475 e. The van der Waals surface area contributed by atoms with Crippen LogP contribution in [0.1, 0.15) is 6.42 Å². The Kier molecular flexibility index (Phi) is 3.78. The van der Waals surface area contributed by atoms with Crippen molar-refractivity contribution in [1.82, 2.24) is 0 Å². The van der Waals surface area contributed by atoms with Gasteiger partial charge in [0.25, 0.3) is 0 Å². The first-order valence-electron chi connectivity index (χ1n) is 4.16. The quantitative estimate of drug-likeness (QED) is 0.408. The molecule has 9 nitrogen and oxygen atoms in total. The molecule has 0 aromatic heterocycles. The second-order valence-corrected chi connectivity index (χ2v) is 2.81. The number of cyclic esters (lactones) is 1. The van der Waals surface area contributed by atoms with Crippen molar-refractivity contribution >= 4 is 23.9 Å². The fraction of sp³-hybridized carbons (Fsp3) is 0.250. The third kappa shape index (κ3) is 3.57. The maximum Gasteiger partial charge on any atom is 0.383 e. The van der Waals surface area contributed by atoms with Crippen molar-refractivity contribution in [2.24, 2.45) is 0 Å². The zero-order valence-corrected chi connectivity index (χ0v) is 8.11. The molecule has 1 atom stereocenters. The minimum atomic E-state index is -1.91.